The summed E-state index contributed by atoms with van der Waals surface area (Å²) in [4.78, 5) is 13.0. The summed E-state index contributed by atoms with van der Waals surface area (Å²) in [5.41, 5.74) is 3.00. The molecular weight excluding hydrogens is 375 g/mol. The van der Waals surface area contributed by atoms with E-state index in [1.165, 1.54) is 0 Å². The van der Waals surface area contributed by atoms with E-state index >= 15 is 0 Å². The number of thioether (sulfide) groups is 1. The van der Waals surface area contributed by atoms with Crippen molar-refractivity contribution in [3.63, 3.8) is 0 Å². The number of carbonyl (C=O) groups is 1. The predicted octanol–water partition coefficient (Wildman–Crippen LogP) is 4.84. The second-order valence-electron chi connectivity index (χ2n) is 6.08. The third-order valence-corrected chi connectivity index (χ3v) is 6.37. The van der Waals surface area contributed by atoms with Crippen LogP contribution in [0.25, 0.3) is 0 Å². The van der Waals surface area contributed by atoms with Gasteiger partial charge in [0.05, 0.1) is 11.8 Å². The van der Waals surface area contributed by atoms with Crippen molar-refractivity contribution in [1.82, 2.24) is 10.6 Å². The van der Waals surface area contributed by atoms with E-state index in [-0.39, 0.29) is 18.0 Å². The third-order valence-electron chi connectivity index (χ3n) is 4.48. The highest BCUT2D eigenvalue weighted by atomic mass is 35.5. The molecule has 0 fully saturated rings. The Morgan fingerprint density at radius 3 is 2.28 bits per heavy atom. The van der Waals surface area contributed by atoms with E-state index in [1.807, 2.05) is 48.5 Å². The zero-order valence-electron chi connectivity index (χ0n) is 13.3. The molecule has 2 aromatic carbocycles. The van der Waals surface area contributed by atoms with Crippen molar-refractivity contribution in [1.29, 1.82) is 0 Å². The van der Waals surface area contributed by atoms with Crippen LogP contribution in [0.5, 0.6) is 0 Å². The first-order valence-corrected chi connectivity index (χ1v) is 9.78. The largest absolute Gasteiger partial charge is 0.328 e. The minimum absolute atomic E-state index is 0.00715. The molecule has 128 valence electrons. The molecule has 0 unspecified atom stereocenters. The Kier molecular flexibility index (Phi) is 4.78. The van der Waals surface area contributed by atoms with E-state index in [4.69, 9.17) is 23.2 Å². The quantitative estimate of drug-likeness (QED) is 0.770. The van der Waals surface area contributed by atoms with Gasteiger partial charge >= 0.3 is 0 Å². The lowest BCUT2D eigenvalue weighted by molar-refractivity contribution is -0.118. The summed E-state index contributed by atoms with van der Waals surface area (Å²) in [6.45, 7) is 0. The first-order valence-electron chi connectivity index (χ1n) is 8.04. The lowest BCUT2D eigenvalue weighted by Gasteiger charge is -2.38. The van der Waals surface area contributed by atoms with Crippen LogP contribution < -0.4 is 10.6 Å². The van der Waals surface area contributed by atoms with Gasteiger partial charge in [-0.25, -0.2) is 0 Å². The lowest BCUT2D eigenvalue weighted by atomic mass is 9.92. The first-order chi connectivity index (χ1) is 12.1. The monoisotopic (exact) mass is 390 g/mol. The van der Waals surface area contributed by atoms with Crippen LogP contribution in [0.15, 0.2) is 59.1 Å². The van der Waals surface area contributed by atoms with Crippen LogP contribution in [0.4, 0.5) is 0 Å². The van der Waals surface area contributed by atoms with Crippen molar-refractivity contribution >= 4 is 40.9 Å². The molecular formula is C19H16Cl2N2OS. The van der Waals surface area contributed by atoms with Crippen LogP contribution in [0.1, 0.15) is 29.6 Å². The van der Waals surface area contributed by atoms with Crippen LogP contribution in [0.3, 0.4) is 0 Å². The van der Waals surface area contributed by atoms with Crippen LogP contribution in [0, 0.1) is 0 Å². The number of nitrogens with one attached hydrogen (secondary N) is 2. The first kappa shape index (κ1) is 17.0. The maximum absolute atomic E-state index is 11.9. The van der Waals surface area contributed by atoms with Crippen molar-refractivity contribution in [2.75, 3.05) is 5.75 Å². The molecule has 0 saturated heterocycles. The molecule has 3 nitrogen and oxygen atoms in total. The number of carbonyl (C=O) groups excluding carboxylic acids is 1. The highest BCUT2D eigenvalue weighted by Crippen LogP contribution is 2.45. The van der Waals surface area contributed by atoms with Crippen LogP contribution in [-0.4, -0.2) is 11.7 Å². The van der Waals surface area contributed by atoms with Gasteiger partial charge in [0.25, 0.3) is 0 Å². The average Bonchev–Trinajstić information content (AvgIpc) is 2.61. The molecule has 0 saturated carbocycles. The maximum Gasteiger partial charge on any atom is 0.234 e. The SMILES string of the molecule is O=C1CSC2=C(C[C@@H](c3ccccc3Cl)N[C@@H]2c2ccccc2Cl)N1. The average molecular weight is 391 g/mol. The van der Waals surface area contributed by atoms with E-state index in [2.05, 4.69) is 10.6 Å². The Morgan fingerprint density at radius 1 is 0.960 bits per heavy atom. The lowest BCUT2D eigenvalue weighted by Crippen LogP contribution is -2.40. The number of benzene rings is 2. The Hall–Kier alpha value is -1.46. The fraction of sp³-hybridized carbons (Fsp3) is 0.211. The summed E-state index contributed by atoms with van der Waals surface area (Å²) in [7, 11) is 0. The van der Waals surface area contributed by atoms with E-state index in [0.29, 0.717) is 17.2 Å². The Morgan fingerprint density at radius 2 is 1.60 bits per heavy atom. The molecule has 0 radical (unpaired) electrons. The molecule has 2 aliphatic rings. The zero-order chi connectivity index (χ0) is 17.4. The molecule has 0 aliphatic carbocycles. The normalized spacial score (nSPS) is 23.2. The highest BCUT2D eigenvalue weighted by molar-refractivity contribution is 8.03. The van der Waals surface area contributed by atoms with Gasteiger partial charge < -0.3 is 5.32 Å². The van der Waals surface area contributed by atoms with E-state index in [1.54, 1.807) is 11.8 Å². The van der Waals surface area contributed by atoms with Crippen molar-refractivity contribution in [3.8, 4) is 0 Å². The number of rotatable bonds is 2. The minimum atomic E-state index is -0.0654. The number of hydrogen-bond acceptors (Lipinski definition) is 3. The van der Waals surface area contributed by atoms with Crippen LogP contribution in [0.2, 0.25) is 10.0 Å². The van der Waals surface area contributed by atoms with Crippen LogP contribution in [-0.2, 0) is 4.79 Å². The molecule has 1 amide bonds. The van der Waals surface area contributed by atoms with E-state index in [9.17, 15) is 4.79 Å². The Balaban J connectivity index is 1.79. The zero-order valence-corrected chi connectivity index (χ0v) is 15.6. The van der Waals surface area contributed by atoms with Gasteiger partial charge in [0.2, 0.25) is 5.91 Å². The van der Waals surface area contributed by atoms with Crippen molar-refractivity contribution in [3.05, 3.63) is 80.3 Å². The van der Waals surface area contributed by atoms with Crippen molar-refractivity contribution in [2.45, 2.75) is 18.5 Å². The molecule has 0 spiro atoms. The summed E-state index contributed by atoms with van der Waals surface area (Å²) >= 11 is 14.5. The van der Waals surface area contributed by atoms with Crippen LogP contribution >= 0.6 is 35.0 Å². The summed E-state index contributed by atoms with van der Waals surface area (Å²) in [5.74, 6) is 0.472. The van der Waals surface area contributed by atoms with Gasteiger partial charge in [0.1, 0.15) is 0 Å². The molecule has 0 aromatic heterocycles. The highest BCUT2D eigenvalue weighted by Gasteiger charge is 2.35. The molecule has 2 aliphatic heterocycles. The predicted molar refractivity (Wildman–Crippen MR) is 104 cm³/mol. The topological polar surface area (TPSA) is 41.1 Å². The number of amides is 1. The second-order valence-corrected chi connectivity index (χ2v) is 7.91. The van der Waals surface area contributed by atoms with Gasteiger partial charge in [-0.1, -0.05) is 59.6 Å². The van der Waals surface area contributed by atoms with Gasteiger partial charge in [-0.15, -0.1) is 11.8 Å². The Bertz CT molecular complexity index is 868. The fourth-order valence-electron chi connectivity index (χ4n) is 3.34. The fourth-order valence-corrected chi connectivity index (χ4v) is 4.88. The smallest absolute Gasteiger partial charge is 0.234 e. The van der Waals surface area contributed by atoms with E-state index < -0.39 is 0 Å². The molecule has 6 heteroatoms. The molecule has 4 rings (SSSR count). The van der Waals surface area contributed by atoms with Crippen molar-refractivity contribution < 1.29 is 4.79 Å². The van der Waals surface area contributed by atoms with Crippen molar-refractivity contribution in [2.24, 2.45) is 0 Å². The molecule has 0 bridgehead atoms. The minimum Gasteiger partial charge on any atom is -0.328 e. The summed E-state index contributed by atoms with van der Waals surface area (Å²) in [5, 5.41) is 8.16. The number of hydrogen-bond donors (Lipinski definition) is 2. The van der Waals surface area contributed by atoms with E-state index in [0.717, 1.165) is 26.8 Å². The summed E-state index contributed by atoms with van der Waals surface area (Å²) < 4.78 is 0. The molecule has 25 heavy (non-hydrogen) atoms. The van der Waals surface area contributed by atoms with Gasteiger partial charge in [-0.2, -0.15) is 0 Å². The Labute approximate surface area is 160 Å². The molecule has 2 heterocycles. The summed E-state index contributed by atoms with van der Waals surface area (Å²) in [6, 6.07) is 15.6. The standard InChI is InChI=1S/C19H16Cl2N2OS/c20-13-7-3-1-5-11(13)15-9-16-19(25-10-17(24)22-16)18(23-15)12-6-2-4-8-14(12)21/h1-8,15,18,23H,9-10H2,(H,22,24)/t15-,18+/m0/s1. The summed E-state index contributed by atoms with van der Waals surface area (Å²) in [6.07, 6.45) is 0.693. The third kappa shape index (κ3) is 3.32. The maximum atomic E-state index is 11.9. The van der Waals surface area contributed by atoms with Gasteiger partial charge in [0, 0.05) is 33.1 Å². The molecule has 2 aromatic rings. The molecule has 2 atom stereocenters. The molecule has 2 N–H and O–H groups in total. The van der Waals surface area contributed by atoms with Gasteiger partial charge in [-0.3, -0.25) is 10.1 Å². The van der Waals surface area contributed by atoms with Gasteiger partial charge in [-0.05, 0) is 23.3 Å². The second kappa shape index (κ2) is 7.04. The number of halogens is 2. The van der Waals surface area contributed by atoms with Gasteiger partial charge in [0.15, 0.2) is 0 Å².